The molecule has 10 nitrogen and oxygen atoms in total. The average molecular weight is 562 g/mol. The van der Waals surface area contributed by atoms with Crippen molar-refractivity contribution >= 4 is 17.3 Å². The molecule has 2 bridgehead atoms. The van der Waals surface area contributed by atoms with E-state index in [0.717, 1.165) is 37.8 Å². The summed E-state index contributed by atoms with van der Waals surface area (Å²) in [5.74, 6) is 2.31. The first-order valence-corrected chi connectivity index (χ1v) is 13.6. The summed E-state index contributed by atoms with van der Waals surface area (Å²) in [6.07, 6.45) is 3.74. The van der Waals surface area contributed by atoms with Gasteiger partial charge < -0.3 is 23.8 Å². The van der Waals surface area contributed by atoms with Gasteiger partial charge in [0, 0.05) is 48.1 Å². The highest BCUT2D eigenvalue weighted by Gasteiger charge is 2.49. The summed E-state index contributed by atoms with van der Waals surface area (Å²) in [6.45, 7) is 0.854. The molecular weight excluding hydrogens is 526 g/mol. The van der Waals surface area contributed by atoms with Crippen LogP contribution in [0.25, 0.3) is 0 Å². The van der Waals surface area contributed by atoms with Crippen molar-refractivity contribution in [1.29, 1.82) is 0 Å². The Kier molecular flexibility index (Phi) is 8.30. The molecule has 5 rings (SSSR count). The number of benzene rings is 3. The minimum Gasteiger partial charge on any atom is -0.493 e. The first kappa shape index (κ1) is 28.2. The zero-order valence-corrected chi connectivity index (χ0v) is 23.7. The van der Waals surface area contributed by atoms with Crippen LogP contribution in [-0.2, 0) is 6.42 Å². The average Bonchev–Trinajstić information content (AvgIpc) is 3.56. The van der Waals surface area contributed by atoms with Gasteiger partial charge in [0.1, 0.15) is 0 Å². The number of anilines is 1. The topological polar surface area (TPSA) is 104 Å². The van der Waals surface area contributed by atoms with Gasteiger partial charge in [-0.3, -0.25) is 19.8 Å². The van der Waals surface area contributed by atoms with Crippen LogP contribution in [0, 0.1) is 10.1 Å². The van der Waals surface area contributed by atoms with Crippen LogP contribution in [0.2, 0.25) is 0 Å². The van der Waals surface area contributed by atoms with Gasteiger partial charge in [0.25, 0.3) is 11.6 Å². The molecule has 10 heteroatoms. The molecule has 216 valence electrons. The fourth-order valence-electron chi connectivity index (χ4n) is 6.29. The van der Waals surface area contributed by atoms with Gasteiger partial charge in [-0.05, 0) is 67.6 Å². The minimum atomic E-state index is -0.466. The summed E-state index contributed by atoms with van der Waals surface area (Å²) >= 11 is 0. The van der Waals surface area contributed by atoms with Crippen LogP contribution in [0.15, 0.2) is 60.7 Å². The van der Waals surface area contributed by atoms with Gasteiger partial charge in [-0.2, -0.15) is 0 Å². The van der Waals surface area contributed by atoms with Gasteiger partial charge in [0.05, 0.1) is 39.4 Å². The summed E-state index contributed by atoms with van der Waals surface area (Å²) in [4.78, 5) is 29.2. The Morgan fingerprint density at radius 1 is 0.878 bits per heavy atom. The number of nitro groups is 1. The van der Waals surface area contributed by atoms with E-state index in [0.29, 0.717) is 40.3 Å². The number of fused-ring (bicyclic) bond motifs is 2. The van der Waals surface area contributed by atoms with Crippen molar-refractivity contribution in [3.8, 4) is 23.0 Å². The smallest absolute Gasteiger partial charge is 0.269 e. The number of methoxy groups -OCH3 is 4. The van der Waals surface area contributed by atoms with E-state index < -0.39 is 4.92 Å². The highest BCUT2D eigenvalue weighted by atomic mass is 16.6. The van der Waals surface area contributed by atoms with Crippen molar-refractivity contribution in [2.75, 3.05) is 39.9 Å². The zero-order valence-electron chi connectivity index (χ0n) is 23.7. The molecule has 2 aliphatic rings. The Bertz CT molecular complexity index is 1410. The Hall–Kier alpha value is -4.31. The number of hydrogen-bond acceptors (Lipinski definition) is 8. The number of ether oxygens (including phenoxy) is 4. The van der Waals surface area contributed by atoms with Crippen LogP contribution >= 0.6 is 0 Å². The molecule has 2 fully saturated rings. The quantitative estimate of drug-likeness (QED) is 0.235. The summed E-state index contributed by atoms with van der Waals surface area (Å²) in [6, 6.07) is 17.7. The molecular formula is C31H35N3O7. The number of carbonyl (C=O) groups excluding carboxylic acids is 1. The second kappa shape index (κ2) is 12.1. The standard InChI is InChI=1S/C31H35N3O7/c1-38-27-13-5-20(17-29(27)40-3)15-16-32-23-10-12-25(32)26(18-23)33(24-11-14-28(39-2)30(19-24)41-4)31(35)21-6-8-22(9-7-21)34(36)37/h5-9,11,13-14,17,19,23,25-26H,10,12,15-16,18H2,1-4H3/t23?,25-,26-/m1/s1. The SMILES string of the molecule is COc1ccc(CCN2C3CC[C@@H]2[C@H](N(C(=O)c2ccc([N+](=O)[O-])cc2)c2ccc(OC)c(OC)c2)C3)cc1OC. The van der Waals surface area contributed by atoms with Crippen molar-refractivity contribution < 1.29 is 28.7 Å². The lowest BCUT2D eigenvalue weighted by Gasteiger charge is -2.35. The lowest BCUT2D eigenvalue weighted by atomic mass is 9.93. The van der Waals surface area contributed by atoms with Gasteiger partial charge >= 0.3 is 0 Å². The fraction of sp³-hybridized carbons (Fsp3) is 0.387. The molecule has 0 aliphatic carbocycles. The number of hydrogen-bond donors (Lipinski definition) is 0. The van der Waals surface area contributed by atoms with Gasteiger partial charge in [0.15, 0.2) is 23.0 Å². The maximum atomic E-state index is 14.1. The molecule has 3 aromatic carbocycles. The van der Waals surface area contributed by atoms with Gasteiger partial charge in [-0.1, -0.05) is 6.07 Å². The predicted octanol–water partition coefficient (Wildman–Crippen LogP) is 5.12. The van der Waals surface area contributed by atoms with E-state index in [9.17, 15) is 14.9 Å². The first-order chi connectivity index (χ1) is 19.9. The molecule has 0 N–H and O–H groups in total. The van der Waals surface area contributed by atoms with E-state index in [1.54, 1.807) is 34.5 Å². The summed E-state index contributed by atoms with van der Waals surface area (Å²) in [5.41, 5.74) is 2.19. The van der Waals surface area contributed by atoms with Crippen molar-refractivity contribution in [3.05, 3.63) is 81.9 Å². The zero-order chi connectivity index (χ0) is 29.1. The molecule has 3 aromatic rings. The molecule has 3 atom stereocenters. The number of carbonyl (C=O) groups is 1. The van der Waals surface area contributed by atoms with E-state index in [2.05, 4.69) is 11.0 Å². The maximum absolute atomic E-state index is 14.1. The highest BCUT2D eigenvalue weighted by molar-refractivity contribution is 6.07. The van der Waals surface area contributed by atoms with Gasteiger partial charge in [-0.15, -0.1) is 0 Å². The highest BCUT2D eigenvalue weighted by Crippen LogP contribution is 2.43. The lowest BCUT2D eigenvalue weighted by Crippen LogP contribution is -2.48. The number of nitrogens with zero attached hydrogens (tertiary/aromatic N) is 3. The molecule has 1 unspecified atom stereocenters. The Labute approximate surface area is 239 Å². The van der Waals surface area contributed by atoms with E-state index in [4.69, 9.17) is 18.9 Å². The maximum Gasteiger partial charge on any atom is 0.269 e. The largest absolute Gasteiger partial charge is 0.493 e. The molecule has 0 saturated carbocycles. The van der Waals surface area contributed by atoms with Crippen molar-refractivity contribution in [2.45, 2.75) is 43.8 Å². The van der Waals surface area contributed by atoms with Crippen molar-refractivity contribution in [1.82, 2.24) is 4.90 Å². The van der Waals surface area contributed by atoms with Crippen LogP contribution in [0.5, 0.6) is 23.0 Å². The van der Waals surface area contributed by atoms with Crippen LogP contribution in [0.4, 0.5) is 11.4 Å². The normalized spacial score (nSPS) is 19.6. The van der Waals surface area contributed by atoms with E-state index >= 15 is 0 Å². The number of rotatable bonds is 11. The predicted molar refractivity (Wildman–Crippen MR) is 155 cm³/mol. The number of non-ortho nitro benzene ring substituents is 1. The van der Waals surface area contributed by atoms with E-state index in [1.807, 2.05) is 29.2 Å². The third-order valence-corrected chi connectivity index (χ3v) is 8.28. The third-order valence-electron chi connectivity index (χ3n) is 8.28. The van der Waals surface area contributed by atoms with Crippen molar-refractivity contribution in [3.63, 3.8) is 0 Å². The number of amides is 1. The molecule has 1 amide bonds. The van der Waals surface area contributed by atoms with Crippen LogP contribution in [0.3, 0.4) is 0 Å². The van der Waals surface area contributed by atoms with E-state index in [-0.39, 0.29) is 23.7 Å². The molecule has 0 radical (unpaired) electrons. The number of nitro benzene ring substituents is 1. The van der Waals surface area contributed by atoms with Crippen molar-refractivity contribution in [2.24, 2.45) is 0 Å². The Morgan fingerprint density at radius 3 is 2.15 bits per heavy atom. The lowest BCUT2D eigenvalue weighted by molar-refractivity contribution is -0.384. The molecule has 0 aromatic heterocycles. The van der Waals surface area contributed by atoms with Crippen LogP contribution in [-0.4, -0.2) is 68.8 Å². The first-order valence-electron chi connectivity index (χ1n) is 13.6. The Morgan fingerprint density at radius 2 is 1.51 bits per heavy atom. The van der Waals surface area contributed by atoms with Gasteiger partial charge in [-0.25, -0.2) is 0 Å². The third kappa shape index (κ3) is 5.52. The molecule has 2 heterocycles. The van der Waals surface area contributed by atoms with E-state index in [1.165, 1.54) is 24.3 Å². The molecule has 0 spiro atoms. The second-order valence-corrected chi connectivity index (χ2v) is 10.3. The van der Waals surface area contributed by atoms with Crippen LogP contribution in [0.1, 0.15) is 35.2 Å². The molecule has 2 aliphatic heterocycles. The molecule has 2 saturated heterocycles. The van der Waals surface area contributed by atoms with Gasteiger partial charge in [0.2, 0.25) is 0 Å². The summed E-state index contributed by atoms with van der Waals surface area (Å²) < 4.78 is 21.9. The minimum absolute atomic E-state index is 0.0551. The summed E-state index contributed by atoms with van der Waals surface area (Å²) in [5, 5.41) is 11.2. The second-order valence-electron chi connectivity index (χ2n) is 10.3. The Balaban J connectivity index is 1.43. The fourth-order valence-corrected chi connectivity index (χ4v) is 6.29. The molecule has 41 heavy (non-hydrogen) atoms. The summed E-state index contributed by atoms with van der Waals surface area (Å²) in [7, 11) is 6.40. The monoisotopic (exact) mass is 561 g/mol. The van der Waals surface area contributed by atoms with Crippen LogP contribution < -0.4 is 23.8 Å².